The van der Waals surface area contributed by atoms with Gasteiger partial charge >= 0.3 is 0 Å². The highest BCUT2D eigenvalue weighted by atomic mass is 35.5. The maximum atomic E-state index is 11.2. The molecule has 0 bridgehead atoms. The number of likely N-dealkylation sites (tertiary alicyclic amines) is 1. The van der Waals surface area contributed by atoms with Gasteiger partial charge in [-0.25, -0.2) is 4.98 Å². The summed E-state index contributed by atoms with van der Waals surface area (Å²) >= 11 is 6.25. The lowest BCUT2D eigenvalue weighted by Gasteiger charge is -2.27. The van der Waals surface area contributed by atoms with Crippen molar-refractivity contribution in [1.82, 2.24) is 14.5 Å². The molecule has 1 fully saturated rings. The molecule has 1 aliphatic rings. The molecule has 4 rings (SSSR count). The summed E-state index contributed by atoms with van der Waals surface area (Å²) in [4.78, 5) is 6.65. The van der Waals surface area contributed by atoms with Crippen LogP contribution in [0, 0.1) is 13.8 Å². The van der Waals surface area contributed by atoms with Gasteiger partial charge in [-0.1, -0.05) is 29.8 Å². The molecule has 0 aliphatic carbocycles. The minimum Gasteiger partial charge on any atom is -0.494 e. The Morgan fingerprint density at radius 1 is 1.06 bits per heavy atom. The molecule has 1 saturated heterocycles. The fourth-order valence-corrected chi connectivity index (χ4v) is 4.66. The van der Waals surface area contributed by atoms with Gasteiger partial charge in [-0.15, -0.1) is 0 Å². The highest BCUT2D eigenvalue weighted by Gasteiger charge is 2.31. The van der Waals surface area contributed by atoms with Crippen LogP contribution in [0.3, 0.4) is 0 Å². The van der Waals surface area contributed by atoms with Gasteiger partial charge in [0.15, 0.2) is 0 Å². The van der Waals surface area contributed by atoms with Crippen LogP contribution in [0.1, 0.15) is 42.6 Å². The van der Waals surface area contributed by atoms with Gasteiger partial charge in [0.1, 0.15) is 23.9 Å². The van der Waals surface area contributed by atoms with Gasteiger partial charge in [-0.05, 0) is 81.5 Å². The summed E-state index contributed by atoms with van der Waals surface area (Å²) in [7, 11) is 0. The number of halogens is 1. The van der Waals surface area contributed by atoms with Crippen molar-refractivity contribution in [1.29, 1.82) is 0 Å². The quantitative estimate of drug-likeness (QED) is 0.379. The second-order valence-corrected chi connectivity index (χ2v) is 10.00. The fourth-order valence-electron chi connectivity index (χ4n) is 4.48. The van der Waals surface area contributed by atoms with Crippen LogP contribution >= 0.6 is 11.6 Å². The molecule has 1 atom stereocenters. The van der Waals surface area contributed by atoms with Gasteiger partial charge in [0.2, 0.25) is 0 Å². The van der Waals surface area contributed by atoms with Crippen molar-refractivity contribution < 1.29 is 14.6 Å². The minimum absolute atomic E-state index is 0.260. The lowest BCUT2D eigenvalue weighted by molar-refractivity contribution is -0.0168. The van der Waals surface area contributed by atoms with Crippen molar-refractivity contribution in [2.45, 2.75) is 58.2 Å². The predicted octanol–water partition coefficient (Wildman–Crippen LogP) is 5.42. The number of imidazole rings is 1. The third kappa shape index (κ3) is 7.47. The maximum absolute atomic E-state index is 11.2. The molecule has 35 heavy (non-hydrogen) atoms. The highest BCUT2D eigenvalue weighted by Crippen LogP contribution is 2.29. The summed E-state index contributed by atoms with van der Waals surface area (Å²) in [5.74, 6) is 2.57. The fraction of sp³-hybridized carbons (Fsp3) is 0.464. The first kappa shape index (κ1) is 25.5. The van der Waals surface area contributed by atoms with Gasteiger partial charge in [0, 0.05) is 32.0 Å². The van der Waals surface area contributed by atoms with Crippen molar-refractivity contribution in [2.75, 3.05) is 26.3 Å². The molecule has 1 aromatic heterocycles. The van der Waals surface area contributed by atoms with Gasteiger partial charge < -0.3 is 19.1 Å². The molecule has 2 aromatic carbocycles. The van der Waals surface area contributed by atoms with E-state index < -0.39 is 5.60 Å². The first-order valence-electron chi connectivity index (χ1n) is 12.4. The number of hydrogen-bond acceptors (Lipinski definition) is 5. The third-order valence-corrected chi connectivity index (χ3v) is 6.97. The summed E-state index contributed by atoms with van der Waals surface area (Å²) in [6.07, 6.45) is 7.09. The molecule has 188 valence electrons. The zero-order chi connectivity index (χ0) is 24.7. The van der Waals surface area contributed by atoms with Crippen LogP contribution in [0.4, 0.5) is 0 Å². The molecule has 6 nitrogen and oxygen atoms in total. The average molecular weight is 498 g/mol. The van der Waals surface area contributed by atoms with Crippen molar-refractivity contribution in [3.8, 4) is 11.5 Å². The van der Waals surface area contributed by atoms with Gasteiger partial charge in [-0.3, -0.25) is 4.90 Å². The Kier molecular flexibility index (Phi) is 8.71. The Balaban J connectivity index is 1.21. The summed E-state index contributed by atoms with van der Waals surface area (Å²) in [5, 5.41) is 11.7. The lowest BCUT2D eigenvalue weighted by Crippen LogP contribution is -2.37. The van der Waals surface area contributed by atoms with E-state index in [0.717, 1.165) is 62.6 Å². The molecular formula is C28H36ClN3O3. The summed E-state index contributed by atoms with van der Waals surface area (Å²) in [6.45, 7) is 8.51. The summed E-state index contributed by atoms with van der Waals surface area (Å²) in [6, 6.07) is 14.1. The van der Waals surface area contributed by atoms with Gasteiger partial charge in [0.25, 0.3) is 0 Å². The van der Waals surface area contributed by atoms with Gasteiger partial charge in [-0.2, -0.15) is 0 Å². The lowest BCUT2D eigenvalue weighted by atomic mass is 9.96. The van der Waals surface area contributed by atoms with E-state index in [2.05, 4.69) is 26.6 Å². The van der Waals surface area contributed by atoms with E-state index in [1.165, 1.54) is 5.56 Å². The van der Waals surface area contributed by atoms with Crippen LogP contribution in [0.25, 0.3) is 0 Å². The summed E-state index contributed by atoms with van der Waals surface area (Å²) < 4.78 is 14.0. The van der Waals surface area contributed by atoms with Crippen LogP contribution in [0.2, 0.25) is 5.02 Å². The average Bonchev–Trinajstić information content (AvgIpc) is 3.17. The zero-order valence-electron chi connectivity index (χ0n) is 20.8. The van der Waals surface area contributed by atoms with Crippen LogP contribution < -0.4 is 9.47 Å². The molecule has 0 amide bonds. The number of aliphatic hydroxyl groups is 1. The Morgan fingerprint density at radius 2 is 1.89 bits per heavy atom. The zero-order valence-corrected chi connectivity index (χ0v) is 21.5. The molecule has 2 heterocycles. The molecule has 1 N–H and O–H groups in total. The topological polar surface area (TPSA) is 59.8 Å². The molecule has 1 aliphatic heterocycles. The Labute approximate surface area is 213 Å². The van der Waals surface area contributed by atoms with E-state index in [0.29, 0.717) is 23.8 Å². The van der Waals surface area contributed by atoms with Crippen LogP contribution in [0.5, 0.6) is 11.5 Å². The van der Waals surface area contributed by atoms with Crippen LogP contribution in [-0.4, -0.2) is 51.5 Å². The Hall–Kier alpha value is -2.54. The van der Waals surface area contributed by atoms with E-state index >= 15 is 0 Å². The van der Waals surface area contributed by atoms with E-state index in [9.17, 15) is 5.11 Å². The van der Waals surface area contributed by atoms with E-state index in [4.69, 9.17) is 21.1 Å². The smallest absolute Gasteiger partial charge is 0.138 e. The number of rotatable bonds is 10. The van der Waals surface area contributed by atoms with E-state index in [1.54, 1.807) is 0 Å². The van der Waals surface area contributed by atoms with E-state index in [-0.39, 0.29) is 6.61 Å². The molecule has 3 aromatic rings. The SMILES string of the molecule is Cc1ccc(Cl)c(OC[C@]2(O)CCCN(Cc3ccc(OCCCn4ccnc4C)cc3)CC2)c1. The van der Waals surface area contributed by atoms with Gasteiger partial charge in [0.05, 0.1) is 17.2 Å². The largest absolute Gasteiger partial charge is 0.494 e. The van der Waals surface area contributed by atoms with E-state index in [1.807, 2.05) is 56.6 Å². The number of ether oxygens (including phenoxy) is 2. The molecule has 0 unspecified atom stereocenters. The molecule has 0 saturated carbocycles. The summed E-state index contributed by atoms with van der Waals surface area (Å²) in [5.41, 5.74) is 1.50. The van der Waals surface area contributed by atoms with Crippen molar-refractivity contribution >= 4 is 11.6 Å². The first-order valence-corrected chi connectivity index (χ1v) is 12.8. The number of hydrogen-bond donors (Lipinski definition) is 1. The Bertz CT molecular complexity index is 1090. The highest BCUT2D eigenvalue weighted by molar-refractivity contribution is 6.32. The number of benzene rings is 2. The number of nitrogens with zero attached hydrogens (tertiary/aromatic N) is 3. The predicted molar refractivity (Wildman–Crippen MR) is 139 cm³/mol. The van der Waals surface area contributed by atoms with Crippen LogP contribution in [-0.2, 0) is 13.1 Å². The molecule has 7 heteroatoms. The molecule has 0 spiro atoms. The number of aromatic nitrogens is 2. The second-order valence-electron chi connectivity index (χ2n) is 9.59. The van der Waals surface area contributed by atoms with Crippen molar-refractivity contribution in [3.63, 3.8) is 0 Å². The first-order chi connectivity index (χ1) is 16.9. The number of aryl methyl sites for hydroxylation is 3. The minimum atomic E-state index is -0.839. The molecule has 0 radical (unpaired) electrons. The third-order valence-electron chi connectivity index (χ3n) is 6.66. The standard InChI is InChI=1S/C28H36ClN3O3/c1-22-5-10-26(29)27(19-22)35-21-28(33)11-3-14-31(16-12-28)20-24-6-8-25(9-7-24)34-18-4-15-32-17-13-30-23(32)2/h5-10,13,17,19,33H,3-4,11-12,14-16,18,20-21H2,1-2H3/t28-/m0/s1. The molecular weight excluding hydrogens is 462 g/mol. The van der Waals surface area contributed by atoms with Crippen molar-refractivity contribution in [2.24, 2.45) is 0 Å². The normalized spacial score (nSPS) is 18.9. The second kappa shape index (κ2) is 11.9. The van der Waals surface area contributed by atoms with Crippen molar-refractivity contribution in [3.05, 3.63) is 76.8 Å². The Morgan fingerprint density at radius 3 is 2.66 bits per heavy atom. The maximum Gasteiger partial charge on any atom is 0.138 e. The van der Waals surface area contributed by atoms with Crippen LogP contribution in [0.15, 0.2) is 54.9 Å². The monoisotopic (exact) mass is 497 g/mol.